The lowest BCUT2D eigenvalue weighted by atomic mass is 10.1. The van der Waals surface area contributed by atoms with Crippen LogP contribution in [0.25, 0.3) is 0 Å². The molecule has 92 valence electrons. The number of ether oxygens (including phenoxy) is 1. The summed E-state index contributed by atoms with van der Waals surface area (Å²) in [5, 5.41) is 2.69. The zero-order valence-electron chi connectivity index (χ0n) is 10.2. The third-order valence-electron chi connectivity index (χ3n) is 2.22. The molecule has 0 fully saturated rings. The Labute approximate surface area is 101 Å². The summed E-state index contributed by atoms with van der Waals surface area (Å²) in [6.45, 7) is 3.63. The van der Waals surface area contributed by atoms with Crippen LogP contribution in [0.3, 0.4) is 0 Å². The number of anilines is 1. The van der Waals surface area contributed by atoms with Gasteiger partial charge in [0.05, 0.1) is 6.61 Å². The normalized spacial score (nSPS) is 9.76. The summed E-state index contributed by atoms with van der Waals surface area (Å²) in [7, 11) is 0. The Hall–Kier alpha value is -1.84. The van der Waals surface area contributed by atoms with E-state index in [1.165, 1.54) is 6.92 Å². The van der Waals surface area contributed by atoms with Crippen molar-refractivity contribution in [3.63, 3.8) is 0 Å². The summed E-state index contributed by atoms with van der Waals surface area (Å²) in [4.78, 5) is 21.7. The number of hydrogen-bond acceptors (Lipinski definition) is 3. The summed E-state index contributed by atoms with van der Waals surface area (Å²) in [6, 6.07) is 7.48. The molecule has 0 unspecified atom stereocenters. The van der Waals surface area contributed by atoms with Crippen molar-refractivity contribution in [3.8, 4) is 0 Å². The Kier molecular flexibility index (Phi) is 5.20. The average molecular weight is 235 g/mol. The van der Waals surface area contributed by atoms with Gasteiger partial charge in [0, 0.05) is 25.5 Å². The van der Waals surface area contributed by atoms with E-state index in [-0.39, 0.29) is 11.9 Å². The number of esters is 1. The van der Waals surface area contributed by atoms with E-state index in [0.717, 1.165) is 11.3 Å². The maximum absolute atomic E-state index is 10.9. The minimum atomic E-state index is -0.181. The van der Waals surface area contributed by atoms with Crippen LogP contribution in [0.5, 0.6) is 0 Å². The highest BCUT2D eigenvalue weighted by Crippen LogP contribution is 2.10. The topological polar surface area (TPSA) is 55.4 Å². The molecular weight excluding hydrogens is 218 g/mol. The van der Waals surface area contributed by atoms with Crippen molar-refractivity contribution in [2.24, 2.45) is 0 Å². The molecule has 1 aromatic rings. The number of carbonyl (C=O) groups excluding carboxylic acids is 2. The highest BCUT2D eigenvalue weighted by Gasteiger charge is 2.00. The fraction of sp³-hybridized carbons (Fsp3) is 0.385. The molecule has 0 aliphatic heterocycles. The number of benzene rings is 1. The van der Waals surface area contributed by atoms with Gasteiger partial charge in [-0.1, -0.05) is 19.1 Å². The molecule has 1 N–H and O–H groups in total. The molecule has 0 radical (unpaired) electrons. The van der Waals surface area contributed by atoms with Crippen LogP contribution in [0.2, 0.25) is 0 Å². The molecule has 0 spiro atoms. The van der Waals surface area contributed by atoms with E-state index in [4.69, 9.17) is 4.74 Å². The minimum Gasteiger partial charge on any atom is -0.465 e. The van der Waals surface area contributed by atoms with Crippen LogP contribution in [-0.4, -0.2) is 18.5 Å². The molecule has 4 nitrogen and oxygen atoms in total. The van der Waals surface area contributed by atoms with Gasteiger partial charge in [-0.2, -0.15) is 0 Å². The quantitative estimate of drug-likeness (QED) is 0.795. The number of hydrogen-bond donors (Lipinski definition) is 1. The largest absolute Gasteiger partial charge is 0.465 e. The first-order chi connectivity index (χ1) is 8.11. The van der Waals surface area contributed by atoms with E-state index < -0.39 is 0 Å². The summed E-state index contributed by atoms with van der Waals surface area (Å²) in [5.74, 6) is -0.269. The molecule has 1 amide bonds. The second kappa shape index (κ2) is 6.68. The van der Waals surface area contributed by atoms with Crippen molar-refractivity contribution in [1.82, 2.24) is 0 Å². The van der Waals surface area contributed by atoms with Crippen LogP contribution in [0, 0.1) is 0 Å². The van der Waals surface area contributed by atoms with Crippen molar-refractivity contribution in [3.05, 3.63) is 29.8 Å². The predicted octanol–water partition coefficient (Wildman–Crippen LogP) is 2.14. The molecular formula is C13H17NO3. The van der Waals surface area contributed by atoms with Gasteiger partial charge in [0.25, 0.3) is 0 Å². The van der Waals surface area contributed by atoms with Crippen LogP contribution in [-0.2, 0) is 20.7 Å². The predicted molar refractivity (Wildman–Crippen MR) is 65.7 cm³/mol. The monoisotopic (exact) mass is 235 g/mol. The van der Waals surface area contributed by atoms with Gasteiger partial charge in [-0.3, -0.25) is 9.59 Å². The van der Waals surface area contributed by atoms with Crippen LogP contribution in [0.4, 0.5) is 5.69 Å². The number of rotatable bonds is 5. The molecule has 0 heterocycles. The maximum atomic E-state index is 10.9. The molecule has 1 aromatic carbocycles. The second-order valence-electron chi connectivity index (χ2n) is 3.70. The Morgan fingerprint density at radius 2 is 1.88 bits per heavy atom. The minimum absolute atomic E-state index is 0.0883. The smallest absolute Gasteiger partial charge is 0.305 e. The van der Waals surface area contributed by atoms with Crippen LogP contribution in [0.1, 0.15) is 25.8 Å². The first-order valence-corrected chi connectivity index (χ1v) is 5.64. The van der Waals surface area contributed by atoms with E-state index in [1.807, 2.05) is 24.3 Å². The van der Waals surface area contributed by atoms with Gasteiger partial charge in [-0.25, -0.2) is 0 Å². The summed E-state index contributed by atoms with van der Waals surface area (Å²) < 4.78 is 4.98. The molecule has 0 atom stereocenters. The molecule has 0 aromatic heterocycles. The Morgan fingerprint density at radius 1 is 1.24 bits per heavy atom. The van der Waals surface area contributed by atoms with Gasteiger partial charge in [0.1, 0.15) is 0 Å². The van der Waals surface area contributed by atoms with Crippen LogP contribution >= 0.6 is 0 Å². The fourth-order valence-electron chi connectivity index (χ4n) is 1.34. The van der Waals surface area contributed by atoms with Crippen molar-refractivity contribution in [2.75, 3.05) is 11.9 Å². The lowest BCUT2D eigenvalue weighted by Gasteiger charge is -2.05. The Bertz CT molecular complexity index is 384. The highest BCUT2D eigenvalue weighted by molar-refractivity contribution is 5.88. The standard InChI is InChI=1S/C13H17NO3/c1-3-13(16)17-9-8-11-4-6-12(7-5-11)14-10(2)15/h4-7H,3,8-9H2,1-2H3,(H,14,15). The molecule has 1 rings (SSSR count). The van der Waals surface area contributed by atoms with Crippen molar-refractivity contribution < 1.29 is 14.3 Å². The number of amides is 1. The second-order valence-corrected chi connectivity index (χ2v) is 3.70. The first kappa shape index (κ1) is 13.2. The SMILES string of the molecule is CCC(=O)OCCc1ccc(NC(C)=O)cc1. The van der Waals surface area contributed by atoms with Crippen molar-refractivity contribution >= 4 is 17.6 Å². The van der Waals surface area contributed by atoms with E-state index in [2.05, 4.69) is 5.32 Å². The van der Waals surface area contributed by atoms with E-state index >= 15 is 0 Å². The van der Waals surface area contributed by atoms with E-state index in [0.29, 0.717) is 19.4 Å². The van der Waals surface area contributed by atoms with Gasteiger partial charge in [-0.05, 0) is 17.7 Å². The average Bonchev–Trinajstić information content (AvgIpc) is 2.30. The molecule has 0 saturated carbocycles. The van der Waals surface area contributed by atoms with Gasteiger partial charge < -0.3 is 10.1 Å². The van der Waals surface area contributed by atoms with Gasteiger partial charge in [0.15, 0.2) is 0 Å². The highest BCUT2D eigenvalue weighted by atomic mass is 16.5. The molecule has 0 saturated heterocycles. The molecule has 0 bridgehead atoms. The zero-order valence-corrected chi connectivity index (χ0v) is 10.2. The van der Waals surface area contributed by atoms with Gasteiger partial charge in [-0.15, -0.1) is 0 Å². The summed E-state index contributed by atoms with van der Waals surface area (Å²) in [5.41, 5.74) is 1.84. The van der Waals surface area contributed by atoms with Gasteiger partial charge >= 0.3 is 5.97 Å². The number of carbonyl (C=O) groups is 2. The summed E-state index contributed by atoms with van der Waals surface area (Å²) in [6.07, 6.45) is 1.09. The van der Waals surface area contributed by atoms with Gasteiger partial charge in [0.2, 0.25) is 5.91 Å². The molecule has 17 heavy (non-hydrogen) atoms. The zero-order chi connectivity index (χ0) is 12.7. The molecule has 0 aliphatic rings. The number of nitrogens with one attached hydrogen (secondary N) is 1. The maximum Gasteiger partial charge on any atom is 0.305 e. The van der Waals surface area contributed by atoms with Crippen LogP contribution in [0.15, 0.2) is 24.3 Å². The van der Waals surface area contributed by atoms with Crippen molar-refractivity contribution in [1.29, 1.82) is 0 Å². The third-order valence-corrected chi connectivity index (χ3v) is 2.22. The lowest BCUT2D eigenvalue weighted by Crippen LogP contribution is -2.07. The summed E-state index contributed by atoms with van der Waals surface area (Å²) >= 11 is 0. The first-order valence-electron chi connectivity index (χ1n) is 5.64. The van der Waals surface area contributed by atoms with E-state index in [9.17, 15) is 9.59 Å². The molecule has 0 aliphatic carbocycles. The van der Waals surface area contributed by atoms with E-state index in [1.54, 1.807) is 6.92 Å². The molecule has 4 heteroatoms. The lowest BCUT2D eigenvalue weighted by molar-refractivity contribution is -0.143. The third kappa shape index (κ3) is 5.15. The van der Waals surface area contributed by atoms with Crippen LogP contribution < -0.4 is 5.32 Å². The fourth-order valence-corrected chi connectivity index (χ4v) is 1.34. The Morgan fingerprint density at radius 3 is 2.41 bits per heavy atom. The van der Waals surface area contributed by atoms with Crippen molar-refractivity contribution in [2.45, 2.75) is 26.7 Å². The Balaban J connectivity index is 2.40.